The van der Waals surface area contributed by atoms with Crippen LogP contribution in [0.25, 0.3) is 21.8 Å². The number of aromatic amines is 1. The summed E-state index contributed by atoms with van der Waals surface area (Å²) in [5, 5.41) is 3.71. The van der Waals surface area contributed by atoms with E-state index in [1.807, 2.05) is 0 Å². The molecule has 0 radical (unpaired) electrons. The zero-order valence-electron chi connectivity index (χ0n) is 19.3. The number of rotatable bonds is 3. The first-order valence-corrected chi connectivity index (χ1v) is 11.7. The summed E-state index contributed by atoms with van der Waals surface area (Å²) < 4.78 is 5.19. The highest BCUT2D eigenvalue weighted by Gasteiger charge is 2.34. The van der Waals surface area contributed by atoms with Crippen LogP contribution in [0.15, 0.2) is 77.6 Å². The normalized spacial score (nSPS) is 12.4. The van der Waals surface area contributed by atoms with Gasteiger partial charge in [0.1, 0.15) is 5.75 Å². The van der Waals surface area contributed by atoms with E-state index in [1.165, 1.54) is 19.2 Å². The van der Waals surface area contributed by atoms with Gasteiger partial charge in [0.05, 0.1) is 40.0 Å². The van der Waals surface area contributed by atoms with Crippen molar-refractivity contribution in [2.24, 2.45) is 0 Å². The average Bonchev–Trinajstić information content (AvgIpc) is 2.92. The van der Waals surface area contributed by atoms with Crippen LogP contribution >= 0.6 is 11.6 Å². The van der Waals surface area contributed by atoms with Crippen molar-refractivity contribution in [1.82, 2.24) is 4.98 Å². The van der Waals surface area contributed by atoms with E-state index in [4.69, 9.17) is 16.3 Å². The molecular formula is C29H17ClN2O5. The van der Waals surface area contributed by atoms with Crippen LogP contribution in [0.3, 0.4) is 0 Å². The Bertz CT molecular complexity index is 1890. The van der Waals surface area contributed by atoms with Gasteiger partial charge in [-0.25, -0.2) is 0 Å². The maximum atomic E-state index is 14.0. The molecule has 6 rings (SSSR count). The Kier molecular flexibility index (Phi) is 5.17. The molecule has 37 heavy (non-hydrogen) atoms. The molecule has 1 aromatic heterocycles. The summed E-state index contributed by atoms with van der Waals surface area (Å²) in [6, 6.07) is 19.3. The second kappa shape index (κ2) is 8.43. The topological polar surface area (TPSA) is 105 Å². The quantitative estimate of drug-likeness (QED) is 0.313. The summed E-state index contributed by atoms with van der Waals surface area (Å²) in [7, 11) is 1.50. The van der Waals surface area contributed by atoms with Gasteiger partial charge in [-0.05, 0) is 48.5 Å². The van der Waals surface area contributed by atoms with Crippen LogP contribution < -0.4 is 15.5 Å². The Hall–Kier alpha value is -4.75. The van der Waals surface area contributed by atoms with Crippen molar-refractivity contribution in [3.8, 4) is 5.75 Å². The highest BCUT2D eigenvalue weighted by atomic mass is 35.5. The fraction of sp³-hybridized carbons (Fsp3) is 0.0345. The predicted molar refractivity (Wildman–Crippen MR) is 141 cm³/mol. The van der Waals surface area contributed by atoms with Gasteiger partial charge in [-0.15, -0.1) is 0 Å². The molecule has 8 heteroatoms. The van der Waals surface area contributed by atoms with Crippen LogP contribution in [0.4, 0.5) is 5.69 Å². The summed E-state index contributed by atoms with van der Waals surface area (Å²) in [4.78, 5) is 56.8. The van der Waals surface area contributed by atoms with Gasteiger partial charge >= 0.3 is 0 Å². The molecule has 1 amide bonds. The number of carbonyl (C=O) groups excluding carboxylic acids is 3. The van der Waals surface area contributed by atoms with Crippen LogP contribution in [-0.4, -0.2) is 29.6 Å². The number of benzene rings is 4. The average molecular weight is 509 g/mol. The number of ether oxygens (including phenoxy) is 1. The molecule has 7 nitrogen and oxygen atoms in total. The number of aromatic nitrogens is 1. The van der Waals surface area contributed by atoms with E-state index in [-0.39, 0.29) is 50.1 Å². The maximum Gasteiger partial charge on any atom is 0.255 e. The lowest BCUT2D eigenvalue weighted by molar-refractivity contribution is 0.0979. The van der Waals surface area contributed by atoms with Crippen molar-refractivity contribution in [3.05, 3.63) is 116 Å². The number of fused-ring (bicyclic) bond motifs is 5. The molecule has 0 aliphatic heterocycles. The Balaban J connectivity index is 1.54. The van der Waals surface area contributed by atoms with Gasteiger partial charge in [0.2, 0.25) is 0 Å². The second-order valence-electron chi connectivity index (χ2n) is 8.60. The van der Waals surface area contributed by atoms with Crippen molar-refractivity contribution in [3.63, 3.8) is 0 Å². The highest BCUT2D eigenvalue weighted by Crippen LogP contribution is 2.36. The van der Waals surface area contributed by atoms with E-state index < -0.39 is 11.7 Å². The molecule has 1 heterocycles. The van der Waals surface area contributed by atoms with Gasteiger partial charge in [0.15, 0.2) is 17.0 Å². The molecular weight excluding hydrogens is 492 g/mol. The zero-order valence-corrected chi connectivity index (χ0v) is 20.1. The van der Waals surface area contributed by atoms with Gasteiger partial charge in [-0.2, -0.15) is 0 Å². The maximum absolute atomic E-state index is 14.0. The summed E-state index contributed by atoms with van der Waals surface area (Å²) in [6.45, 7) is 0. The zero-order chi connectivity index (χ0) is 25.8. The van der Waals surface area contributed by atoms with E-state index >= 15 is 0 Å². The molecule has 2 N–H and O–H groups in total. The summed E-state index contributed by atoms with van der Waals surface area (Å²) in [5.41, 5.74) is 1.27. The lowest BCUT2D eigenvalue weighted by Crippen LogP contribution is -2.25. The van der Waals surface area contributed by atoms with Crippen LogP contribution in [0.1, 0.15) is 42.2 Å². The van der Waals surface area contributed by atoms with E-state index in [0.29, 0.717) is 27.2 Å². The van der Waals surface area contributed by atoms with Crippen LogP contribution in [0.2, 0.25) is 5.02 Å². The third-order valence-electron chi connectivity index (χ3n) is 6.55. The van der Waals surface area contributed by atoms with Crippen molar-refractivity contribution in [2.45, 2.75) is 0 Å². The largest absolute Gasteiger partial charge is 0.497 e. The molecule has 1 aliphatic carbocycles. The molecule has 0 saturated heterocycles. The number of para-hydroxylation sites is 1. The number of anilines is 1. The van der Waals surface area contributed by atoms with E-state index in [1.54, 1.807) is 60.7 Å². The minimum Gasteiger partial charge on any atom is -0.497 e. The molecule has 0 fully saturated rings. The number of H-pyrrole nitrogens is 1. The third-order valence-corrected chi connectivity index (χ3v) is 6.86. The molecule has 0 bridgehead atoms. The number of hydrogen-bond donors (Lipinski definition) is 2. The molecule has 1 aliphatic rings. The van der Waals surface area contributed by atoms with Gasteiger partial charge < -0.3 is 15.0 Å². The van der Waals surface area contributed by atoms with E-state index in [9.17, 15) is 19.2 Å². The number of hydrogen-bond acceptors (Lipinski definition) is 5. The first-order valence-electron chi connectivity index (χ1n) is 11.3. The molecule has 5 aromatic rings. The minimum atomic E-state index is -0.487. The fourth-order valence-electron chi connectivity index (χ4n) is 4.78. The first kappa shape index (κ1) is 22.7. The highest BCUT2D eigenvalue weighted by molar-refractivity contribution is 6.36. The van der Waals surface area contributed by atoms with Crippen LogP contribution in [-0.2, 0) is 0 Å². The summed E-state index contributed by atoms with van der Waals surface area (Å²) in [6.07, 6.45) is 0. The molecule has 0 atom stereocenters. The lowest BCUT2D eigenvalue weighted by Gasteiger charge is -2.22. The Morgan fingerprint density at radius 1 is 0.811 bits per heavy atom. The van der Waals surface area contributed by atoms with E-state index in [2.05, 4.69) is 10.3 Å². The second-order valence-corrected chi connectivity index (χ2v) is 9.01. The number of pyridine rings is 1. The number of ketones is 2. The van der Waals surface area contributed by atoms with Crippen molar-refractivity contribution < 1.29 is 19.1 Å². The van der Waals surface area contributed by atoms with Gasteiger partial charge in [-0.1, -0.05) is 35.9 Å². The summed E-state index contributed by atoms with van der Waals surface area (Å²) in [5.74, 6) is -0.838. The Morgan fingerprint density at radius 2 is 1.54 bits per heavy atom. The summed E-state index contributed by atoms with van der Waals surface area (Å²) >= 11 is 6.34. The number of carbonyl (C=O) groups is 3. The smallest absolute Gasteiger partial charge is 0.255 e. The minimum absolute atomic E-state index is 0.0591. The molecule has 0 unspecified atom stereocenters. The van der Waals surface area contributed by atoms with Gasteiger partial charge in [0, 0.05) is 27.5 Å². The van der Waals surface area contributed by atoms with Gasteiger partial charge in [-0.3, -0.25) is 19.2 Å². The number of halogens is 1. The van der Waals surface area contributed by atoms with Gasteiger partial charge in [0.25, 0.3) is 5.91 Å². The predicted octanol–water partition coefficient (Wildman–Crippen LogP) is 5.37. The molecule has 180 valence electrons. The standard InChI is InChI=1S/C29H17ClN2O5/c1-37-15-6-2-5-14(13-15)29(36)31-21-10-4-7-16-22(21)28(35)23-17(26(16)33)11-12-19-25(23)32-24-18(27(19)34)8-3-9-20(24)30/h2-13H,1H3,(H,31,36)(H,32,34). The monoisotopic (exact) mass is 508 g/mol. The van der Waals surface area contributed by atoms with Crippen LogP contribution in [0.5, 0.6) is 5.75 Å². The third kappa shape index (κ3) is 3.43. The Labute approximate surface area is 214 Å². The van der Waals surface area contributed by atoms with Crippen molar-refractivity contribution in [1.29, 1.82) is 0 Å². The number of methoxy groups -OCH3 is 1. The molecule has 4 aromatic carbocycles. The van der Waals surface area contributed by atoms with Crippen LogP contribution in [0, 0.1) is 0 Å². The lowest BCUT2D eigenvalue weighted by atomic mass is 9.82. The number of nitrogens with one attached hydrogen (secondary N) is 2. The fourth-order valence-corrected chi connectivity index (χ4v) is 5.00. The molecule has 0 spiro atoms. The van der Waals surface area contributed by atoms with E-state index in [0.717, 1.165) is 0 Å². The number of amides is 1. The SMILES string of the molecule is COc1cccc(C(=O)Nc2cccc3c2C(=O)c2c(ccc4c(=O)c5cccc(Cl)c5[nH]c24)C3=O)c1. The Morgan fingerprint density at radius 3 is 2.35 bits per heavy atom. The molecule has 0 saturated carbocycles. The van der Waals surface area contributed by atoms with Crippen molar-refractivity contribution in [2.75, 3.05) is 12.4 Å². The van der Waals surface area contributed by atoms with Crippen molar-refractivity contribution >= 4 is 56.6 Å². The first-order chi connectivity index (χ1) is 17.9.